The third kappa shape index (κ3) is 3.23. The lowest BCUT2D eigenvalue weighted by molar-refractivity contribution is -0.132. The molecule has 0 aliphatic carbocycles. The fraction of sp³-hybridized carbons (Fsp3) is 0.450. The second kappa shape index (κ2) is 6.94. The molecule has 2 aliphatic heterocycles. The number of fused-ring (bicyclic) bond motifs is 2. The quantitative estimate of drug-likeness (QED) is 0.837. The summed E-state index contributed by atoms with van der Waals surface area (Å²) in [4.78, 5) is 28.6. The minimum Gasteiger partial charge on any atom is -0.371 e. The summed E-state index contributed by atoms with van der Waals surface area (Å²) in [6.45, 7) is 3.14. The van der Waals surface area contributed by atoms with E-state index in [0.717, 1.165) is 37.2 Å². The lowest BCUT2D eigenvalue weighted by atomic mass is 10.1. The number of amides is 1. The van der Waals surface area contributed by atoms with Crippen molar-refractivity contribution in [3.05, 3.63) is 57.5 Å². The zero-order chi connectivity index (χ0) is 18.1. The van der Waals surface area contributed by atoms with E-state index in [-0.39, 0.29) is 11.5 Å². The topological polar surface area (TPSA) is 58.4 Å². The van der Waals surface area contributed by atoms with Crippen molar-refractivity contribution in [2.75, 3.05) is 24.5 Å². The SMILES string of the molecule is Cn1nc2c(cc1=O)CN(C(=O)CCCN1CCc3ccccc31)CC2. The summed E-state index contributed by atoms with van der Waals surface area (Å²) in [5.74, 6) is 0.170. The van der Waals surface area contributed by atoms with Gasteiger partial charge in [-0.2, -0.15) is 5.10 Å². The molecule has 0 unspecified atom stereocenters. The van der Waals surface area contributed by atoms with Gasteiger partial charge < -0.3 is 9.80 Å². The first-order chi connectivity index (χ1) is 12.6. The second-order valence-electron chi connectivity index (χ2n) is 7.11. The summed E-state index contributed by atoms with van der Waals surface area (Å²) >= 11 is 0. The van der Waals surface area contributed by atoms with Crippen molar-refractivity contribution < 1.29 is 4.79 Å². The van der Waals surface area contributed by atoms with Gasteiger partial charge in [-0.15, -0.1) is 0 Å². The Hall–Kier alpha value is -2.63. The number of hydrogen-bond acceptors (Lipinski definition) is 4. The maximum absolute atomic E-state index is 12.6. The van der Waals surface area contributed by atoms with Gasteiger partial charge >= 0.3 is 0 Å². The highest BCUT2D eigenvalue weighted by molar-refractivity contribution is 5.76. The third-order valence-electron chi connectivity index (χ3n) is 5.39. The lowest BCUT2D eigenvalue weighted by Gasteiger charge is -2.28. The molecule has 0 saturated carbocycles. The zero-order valence-electron chi connectivity index (χ0n) is 15.1. The van der Waals surface area contributed by atoms with Crippen molar-refractivity contribution in [2.45, 2.75) is 32.2 Å². The van der Waals surface area contributed by atoms with Gasteiger partial charge in [-0.05, 0) is 24.5 Å². The van der Waals surface area contributed by atoms with Crippen molar-refractivity contribution >= 4 is 11.6 Å². The van der Waals surface area contributed by atoms with Gasteiger partial charge in [0.2, 0.25) is 5.91 Å². The van der Waals surface area contributed by atoms with Crippen LogP contribution in [-0.2, 0) is 31.2 Å². The van der Waals surface area contributed by atoms with Gasteiger partial charge in [0.1, 0.15) is 0 Å². The summed E-state index contributed by atoms with van der Waals surface area (Å²) in [6.07, 6.45) is 3.21. The van der Waals surface area contributed by atoms with Crippen molar-refractivity contribution in [3.8, 4) is 0 Å². The number of carbonyl (C=O) groups excluding carboxylic acids is 1. The van der Waals surface area contributed by atoms with E-state index in [0.29, 0.717) is 25.9 Å². The maximum atomic E-state index is 12.6. The number of carbonyl (C=O) groups is 1. The number of anilines is 1. The van der Waals surface area contributed by atoms with Crippen LogP contribution >= 0.6 is 0 Å². The average molecular weight is 352 g/mol. The molecular formula is C20H24N4O2. The molecule has 0 spiro atoms. The summed E-state index contributed by atoms with van der Waals surface area (Å²) in [6, 6.07) is 10.1. The van der Waals surface area contributed by atoms with Crippen LogP contribution < -0.4 is 10.5 Å². The maximum Gasteiger partial charge on any atom is 0.266 e. The molecule has 3 heterocycles. The fourth-order valence-corrected chi connectivity index (χ4v) is 3.92. The third-order valence-corrected chi connectivity index (χ3v) is 5.39. The van der Waals surface area contributed by atoms with Crippen LogP contribution in [0.3, 0.4) is 0 Å². The monoisotopic (exact) mass is 352 g/mol. The number of para-hydroxylation sites is 1. The Bertz CT molecular complexity index is 890. The number of aryl methyl sites for hydroxylation is 1. The minimum atomic E-state index is -0.120. The van der Waals surface area contributed by atoms with Gasteiger partial charge in [0.25, 0.3) is 5.56 Å². The Morgan fingerprint density at radius 2 is 2.00 bits per heavy atom. The largest absolute Gasteiger partial charge is 0.371 e. The lowest BCUT2D eigenvalue weighted by Crippen LogP contribution is -2.38. The van der Waals surface area contributed by atoms with E-state index in [1.165, 1.54) is 15.9 Å². The first-order valence-electron chi connectivity index (χ1n) is 9.28. The second-order valence-corrected chi connectivity index (χ2v) is 7.11. The van der Waals surface area contributed by atoms with Crippen LogP contribution in [-0.4, -0.2) is 40.2 Å². The van der Waals surface area contributed by atoms with Crippen molar-refractivity contribution in [1.29, 1.82) is 0 Å². The van der Waals surface area contributed by atoms with Crippen LogP contribution in [0.5, 0.6) is 0 Å². The smallest absolute Gasteiger partial charge is 0.266 e. The van der Waals surface area contributed by atoms with Crippen LogP contribution in [0.2, 0.25) is 0 Å². The summed E-state index contributed by atoms with van der Waals surface area (Å²) in [5.41, 5.74) is 4.42. The normalized spacial score (nSPS) is 15.7. The molecule has 0 fully saturated rings. The number of benzene rings is 1. The summed E-state index contributed by atoms with van der Waals surface area (Å²) < 4.78 is 1.37. The van der Waals surface area contributed by atoms with Gasteiger partial charge in [-0.25, -0.2) is 4.68 Å². The van der Waals surface area contributed by atoms with Crippen LogP contribution in [0.15, 0.2) is 35.1 Å². The number of rotatable bonds is 4. The molecular weight excluding hydrogens is 328 g/mol. The van der Waals surface area contributed by atoms with E-state index in [9.17, 15) is 9.59 Å². The molecule has 1 amide bonds. The van der Waals surface area contributed by atoms with Crippen molar-refractivity contribution in [1.82, 2.24) is 14.7 Å². The molecule has 2 aliphatic rings. The molecule has 0 bridgehead atoms. The molecule has 1 aromatic carbocycles. The zero-order valence-corrected chi connectivity index (χ0v) is 15.1. The molecule has 0 radical (unpaired) electrons. The Morgan fingerprint density at radius 1 is 1.15 bits per heavy atom. The van der Waals surface area contributed by atoms with Crippen molar-refractivity contribution in [3.63, 3.8) is 0 Å². The van der Waals surface area contributed by atoms with Gasteiger partial charge in [0, 0.05) is 63.4 Å². The average Bonchev–Trinajstić information content (AvgIpc) is 3.05. The van der Waals surface area contributed by atoms with Crippen molar-refractivity contribution in [2.24, 2.45) is 7.05 Å². The standard InChI is InChI=1S/C20H24N4O2/c1-22-20(26)13-16-14-24(12-9-17(16)21-22)19(25)7-4-10-23-11-8-15-5-2-3-6-18(15)23/h2-3,5-6,13H,4,7-12,14H2,1H3. The van der Waals surface area contributed by atoms with E-state index >= 15 is 0 Å². The van der Waals surface area contributed by atoms with Gasteiger partial charge in [0.15, 0.2) is 0 Å². The Labute approximate surface area is 153 Å². The Balaban J connectivity index is 1.32. The van der Waals surface area contributed by atoms with E-state index in [2.05, 4.69) is 34.3 Å². The minimum absolute atomic E-state index is 0.120. The molecule has 136 valence electrons. The van der Waals surface area contributed by atoms with Crippen LogP contribution in [0.25, 0.3) is 0 Å². The molecule has 6 nitrogen and oxygen atoms in total. The molecule has 6 heteroatoms. The van der Waals surface area contributed by atoms with E-state index in [1.54, 1.807) is 13.1 Å². The first kappa shape index (κ1) is 16.8. The first-order valence-corrected chi connectivity index (χ1v) is 9.28. The highest BCUT2D eigenvalue weighted by atomic mass is 16.2. The van der Waals surface area contributed by atoms with Gasteiger partial charge in [-0.3, -0.25) is 9.59 Å². The van der Waals surface area contributed by atoms with E-state index in [1.807, 2.05) is 4.90 Å². The highest BCUT2D eigenvalue weighted by Crippen LogP contribution is 2.27. The number of aromatic nitrogens is 2. The summed E-state index contributed by atoms with van der Waals surface area (Å²) in [7, 11) is 1.66. The molecule has 0 atom stereocenters. The van der Waals surface area contributed by atoms with Crippen LogP contribution in [0.1, 0.15) is 29.7 Å². The fourth-order valence-electron chi connectivity index (χ4n) is 3.92. The molecule has 2 aromatic rings. The van der Waals surface area contributed by atoms with E-state index in [4.69, 9.17) is 0 Å². The molecule has 0 N–H and O–H groups in total. The predicted octanol–water partition coefficient (Wildman–Crippen LogP) is 1.51. The predicted molar refractivity (Wildman–Crippen MR) is 100 cm³/mol. The van der Waals surface area contributed by atoms with Gasteiger partial charge in [-0.1, -0.05) is 18.2 Å². The molecule has 4 rings (SSSR count). The van der Waals surface area contributed by atoms with Gasteiger partial charge in [0.05, 0.1) is 5.69 Å². The summed E-state index contributed by atoms with van der Waals surface area (Å²) in [5, 5.41) is 4.30. The van der Waals surface area contributed by atoms with E-state index < -0.39 is 0 Å². The number of nitrogens with zero attached hydrogens (tertiary/aromatic N) is 4. The molecule has 26 heavy (non-hydrogen) atoms. The highest BCUT2D eigenvalue weighted by Gasteiger charge is 2.23. The Morgan fingerprint density at radius 3 is 2.88 bits per heavy atom. The Kier molecular flexibility index (Phi) is 4.49. The van der Waals surface area contributed by atoms with Crippen LogP contribution in [0.4, 0.5) is 5.69 Å². The molecule has 0 saturated heterocycles. The molecule has 1 aromatic heterocycles. The van der Waals surface area contributed by atoms with Crippen LogP contribution in [0, 0.1) is 0 Å². The number of hydrogen-bond donors (Lipinski definition) is 0.